The second-order valence-electron chi connectivity index (χ2n) is 6.54. The van der Waals surface area contributed by atoms with Gasteiger partial charge in [0.1, 0.15) is 23.8 Å². The Morgan fingerprint density at radius 2 is 1.83 bits per heavy atom. The Kier molecular flexibility index (Phi) is 4.78. The second-order valence-corrected chi connectivity index (χ2v) is 6.54. The van der Waals surface area contributed by atoms with Gasteiger partial charge in [0.05, 0.1) is 0 Å². The number of rotatable bonds is 4. The lowest BCUT2D eigenvalue weighted by atomic mass is 10.1. The number of aryl methyl sites for hydroxylation is 1. The maximum absolute atomic E-state index is 12.2. The molecule has 7 nitrogen and oxygen atoms in total. The number of aromatic nitrogens is 4. The molecule has 3 heterocycles. The van der Waals surface area contributed by atoms with Crippen LogP contribution < -0.4 is 4.90 Å². The molecule has 1 aliphatic heterocycles. The third kappa shape index (κ3) is 3.55. The minimum atomic E-state index is 0.252. The SMILES string of the molecule is Cc1nccn1-c1cc(N2CCN(C(=O)CC(C)C)CC2)ncn1. The maximum atomic E-state index is 12.2. The van der Waals surface area contributed by atoms with Crippen molar-refractivity contribution in [1.29, 1.82) is 0 Å². The number of anilines is 1. The zero-order valence-electron chi connectivity index (χ0n) is 14.5. The molecule has 3 rings (SSSR count). The highest BCUT2D eigenvalue weighted by Gasteiger charge is 2.22. The first kappa shape index (κ1) is 16.4. The molecule has 1 saturated heterocycles. The Bertz CT molecular complexity index is 703. The van der Waals surface area contributed by atoms with Crippen molar-refractivity contribution >= 4 is 11.7 Å². The summed E-state index contributed by atoms with van der Waals surface area (Å²) in [6.45, 7) is 9.18. The molecule has 0 saturated carbocycles. The summed E-state index contributed by atoms with van der Waals surface area (Å²) in [5, 5.41) is 0. The van der Waals surface area contributed by atoms with Crippen LogP contribution in [0, 0.1) is 12.8 Å². The monoisotopic (exact) mass is 328 g/mol. The summed E-state index contributed by atoms with van der Waals surface area (Å²) < 4.78 is 1.94. The highest BCUT2D eigenvalue weighted by atomic mass is 16.2. The quantitative estimate of drug-likeness (QED) is 0.854. The number of hydrogen-bond donors (Lipinski definition) is 0. The molecule has 1 aliphatic rings. The van der Waals surface area contributed by atoms with E-state index in [1.807, 2.05) is 28.7 Å². The van der Waals surface area contributed by atoms with Gasteiger partial charge in [0, 0.05) is 51.1 Å². The zero-order chi connectivity index (χ0) is 17.1. The summed E-state index contributed by atoms with van der Waals surface area (Å²) in [6.07, 6.45) is 5.86. The van der Waals surface area contributed by atoms with Crippen LogP contribution in [0.3, 0.4) is 0 Å². The lowest BCUT2D eigenvalue weighted by molar-refractivity contribution is -0.132. The molecule has 0 aliphatic carbocycles. The number of carbonyl (C=O) groups is 1. The molecule has 2 aromatic heterocycles. The molecular weight excluding hydrogens is 304 g/mol. The van der Waals surface area contributed by atoms with Crippen molar-refractivity contribution in [2.45, 2.75) is 27.2 Å². The molecule has 128 valence electrons. The van der Waals surface area contributed by atoms with E-state index in [2.05, 4.69) is 33.7 Å². The van der Waals surface area contributed by atoms with Crippen LogP contribution in [0.2, 0.25) is 0 Å². The summed E-state index contributed by atoms with van der Waals surface area (Å²) >= 11 is 0. The van der Waals surface area contributed by atoms with Crippen molar-refractivity contribution in [3.63, 3.8) is 0 Å². The van der Waals surface area contributed by atoms with Crippen molar-refractivity contribution in [2.24, 2.45) is 5.92 Å². The molecule has 1 fully saturated rings. The predicted octanol–water partition coefficient (Wildman–Crippen LogP) is 1.67. The van der Waals surface area contributed by atoms with Crippen molar-refractivity contribution in [2.75, 3.05) is 31.1 Å². The number of hydrogen-bond acceptors (Lipinski definition) is 5. The van der Waals surface area contributed by atoms with Crippen LogP contribution >= 0.6 is 0 Å². The van der Waals surface area contributed by atoms with E-state index in [0.29, 0.717) is 12.3 Å². The van der Waals surface area contributed by atoms with Gasteiger partial charge in [-0.15, -0.1) is 0 Å². The molecule has 0 atom stereocenters. The molecule has 0 bridgehead atoms. The summed E-state index contributed by atoms with van der Waals surface area (Å²) in [5.41, 5.74) is 0. The molecular formula is C17H24N6O. The van der Waals surface area contributed by atoms with Gasteiger partial charge in [0.15, 0.2) is 0 Å². The van der Waals surface area contributed by atoms with Crippen LogP contribution in [0.4, 0.5) is 5.82 Å². The second kappa shape index (κ2) is 6.98. The van der Waals surface area contributed by atoms with E-state index >= 15 is 0 Å². The third-order valence-electron chi connectivity index (χ3n) is 4.25. The fourth-order valence-corrected chi connectivity index (χ4v) is 2.93. The van der Waals surface area contributed by atoms with Gasteiger partial charge in [-0.3, -0.25) is 9.36 Å². The minimum Gasteiger partial charge on any atom is -0.353 e. The van der Waals surface area contributed by atoms with Gasteiger partial charge < -0.3 is 9.80 Å². The number of nitrogens with zero attached hydrogens (tertiary/aromatic N) is 6. The molecule has 0 N–H and O–H groups in total. The summed E-state index contributed by atoms with van der Waals surface area (Å²) in [7, 11) is 0. The molecule has 1 amide bonds. The van der Waals surface area contributed by atoms with Gasteiger partial charge in [0.25, 0.3) is 0 Å². The van der Waals surface area contributed by atoms with E-state index in [4.69, 9.17) is 0 Å². The van der Waals surface area contributed by atoms with E-state index in [1.165, 1.54) is 0 Å². The highest BCUT2D eigenvalue weighted by Crippen LogP contribution is 2.17. The van der Waals surface area contributed by atoms with Crippen molar-refractivity contribution in [3.05, 3.63) is 30.6 Å². The molecule has 7 heteroatoms. The zero-order valence-corrected chi connectivity index (χ0v) is 14.5. The van der Waals surface area contributed by atoms with Gasteiger partial charge in [-0.25, -0.2) is 15.0 Å². The number of amides is 1. The normalized spacial score (nSPS) is 15.2. The van der Waals surface area contributed by atoms with E-state index in [1.54, 1.807) is 12.5 Å². The fourth-order valence-electron chi connectivity index (χ4n) is 2.93. The first-order chi connectivity index (χ1) is 11.5. The summed E-state index contributed by atoms with van der Waals surface area (Å²) in [5.74, 6) is 3.25. The van der Waals surface area contributed by atoms with Crippen LogP contribution in [-0.2, 0) is 4.79 Å². The fraction of sp³-hybridized carbons (Fsp3) is 0.529. The lowest BCUT2D eigenvalue weighted by Crippen LogP contribution is -2.49. The highest BCUT2D eigenvalue weighted by molar-refractivity contribution is 5.76. The number of piperazine rings is 1. The molecule has 0 radical (unpaired) electrons. The Morgan fingerprint density at radius 1 is 1.12 bits per heavy atom. The molecule has 0 unspecified atom stereocenters. The first-order valence-electron chi connectivity index (χ1n) is 8.39. The van der Waals surface area contributed by atoms with Crippen molar-refractivity contribution in [3.8, 4) is 5.82 Å². The van der Waals surface area contributed by atoms with Gasteiger partial charge in [-0.2, -0.15) is 0 Å². The molecule has 0 aromatic carbocycles. The standard InChI is InChI=1S/C17H24N6O/c1-13(2)10-17(24)22-8-6-21(7-9-22)15-11-16(20-12-19-15)23-5-4-18-14(23)3/h4-5,11-13H,6-10H2,1-3H3. The molecule has 2 aromatic rings. The maximum Gasteiger partial charge on any atom is 0.222 e. The van der Waals surface area contributed by atoms with Crippen LogP contribution in [0.5, 0.6) is 0 Å². The van der Waals surface area contributed by atoms with Crippen LogP contribution in [0.1, 0.15) is 26.1 Å². The van der Waals surface area contributed by atoms with Crippen LogP contribution in [0.25, 0.3) is 5.82 Å². The van der Waals surface area contributed by atoms with E-state index < -0.39 is 0 Å². The lowest BCUT2D eigenvalue weighted by Gasteiger charge is -2.35. The van der Waals surface area contributed by atoms with Gasteiger partial charge in [0.2, 0.25) is 5.91 Å². The molecule has 0 spiro atoms. The first-order valence-corrected chi connectivity index (χ1v) is 8.39. The van der Waals surface area contributed by atoms with Gasteiger partial charge in [-0.05, 0) is 12.8 Å². The van der Waals surface area contributed by atoms with Gasteiger partial charge >= 0.3 is 0 Å². The summed E-state index contributed by atoms with van der Waals surface area (Å²) in [4.78, 5) is 29.3. The van der Waals surface area contributed by atoms with E-state index in [9.17, 15) is 4.79 Å². The Labute approximate surface area is 142 Å². The number of carbonyl (C=O) groups excluding carboxylic acids is 1. The Hall–Kier alpha value is -2.44. The average Bonchev–Trinajstić information content (AvgIpc) is 3.00. The van der Waals surface area contributed by atoms with E-state index in [-0.39, 0.29) is 5.91 Å². The van der Waals surface area contributed by atoms with Crippen LogP contribution in [-0.4, -0.2) is 56.5 Å². The topological polar surface area (TPSA) is 67.2 Å². The smallest absolute Gasteiger partial charge is 0.222 e. The largest absolute Gasteiger partial charge is 0.353 e. The van der Waals surface area contributed by atoms with Crippen LogP contribution in [0.15, 0.2) is 24.8 Å². The summed E-state index contributed by atoms with van der Waals surface area (Å²) in [6, 6.07) is 1.97. The predicted molar refractivity (Wildman–Crippen MR) is 92.1 cm³/mol. The Balaban J connectivity index is 1.67. The van der Waals surface area contributed by atoms with Crippen molar-refractivity contribution in [1.82, 2.24) is 24.4 Å². The minimum absolute atomic E-state index is 0.252. The third-order valence-corrected chi connectivity index (χ3v) is 4.25. The van der Waals surface area contributed by atoms with Gasteiger partial charge in [-0.1, -0.05) is 13.8 Å². The molecule has 24 heavy (non-hydrogen) atoms. The average molecular weight is 328 g/mol. The van der Waals surface area contributed by atoms with Crippen molar-refractivity contribution < 1.29 is 4.79 Å². The number of imidazole rings is 1. The van der Waals surface area contributed by atoms with E-state index in [0.717, 1.165) is 43.6 Å². The Morgan fingerprint density at radius 3 is 2.46 bits per heavy atom.